The molecule has 0 aliphatic heterocycles. The molecule has 1 aromatic carbocycles. The van der Waals surface area contributed by atoms with Crippen molar-refractivity contribution in [3.8, 4) is 5.75 Å². The Balaban J connectivity index is 2.60. The largest absolute Gasteiger partial charge is 0.496 e. The zero-order valence-electron chi connectivity index (χ0n) is 13.6. The van der Waals surface area contributed by atoms with Crippen molar-refractivity contribution >= 4 is 5.91 Å². The summed E-state index contributed by atoms with van der Waals surface area (Å²) in [5, 5.41) is 3.06. The number of hydrogen-bond acceptors (Lipinski definition) is 3. The SMILES string of the molecule is COc1ccccc1CC(C)NC(=O)C(CN)CC(C)C. The summed E-state index contributed by atoms with van der Waals surface area (Å²) in [5.74, 6) is 1.27. The van der Waals surface area contributed by atoms with Gasteiger partial charge in [0.1, 0.15) is 5.75 Å². The average molecular weight is 292 g/mol. The minimum absolute atomic E-state index is 0.0496. The quantitative estimate of drug-likeness (QED) is 0.773. The van der Waals surface area contributed by atoms with E-state index >= 15 is 0 Å². The summed E-state index contributed by atoms with van der Waals surface area (Å²) in [6.07, 6.45) is 1.57. The van der Waals surface area contributed by atoms with Gasteiger partial charge >= 0.3 is 0 Å². The van der Waals surface area contributed by atoms with E-state index in [0.29, 0.717) is 12.5 Å². The van der Waals surface area contributed by atoms with Crippen molar-refractivity contribution in [2.75, 3.05) is 13.7 Å². The molecule has 0 heterocycles. The highest BCUT2D eigenvalue weighted by atomic mass is 16.5. The van der Waals surface area contributed by atoms with Crippen molar-refractivity contribution in [2.24, 2.45) is 17.6 Å². The van der Waals surface area contributed by atoms with Crippen LogP contribution in [0.25, 0.3) is 0 Å². The number of nitrogens with one attached hydrogen (secondary N) is 1. The van der Waals surface area contributed by atoms with Gasteiger partial charge in [0.2, 0.25) is 5.91 Å². The number of hydrogen-bond donors (Lipinski definition) is 2. The summed E-state index contributed by atoms with van der Waals surface area (Å²) >= 11 is 0. The van der Waals surface area contributed by atoms with Gasteiger partial charge < -0.3 is 15.8 Å². The van der Waals surface area contributed by atoms with Gasteiger partial charge in [-0.25, -0.2) is 0 Å². The van der Waals surface area contributed by atoms with Crippen LogP contribution in [-0.2, 0) is 11.2 Å². The molecule has 0 saturated carbocycles. The molecule has 0 spiro atoms. The number of para-hydroxylation sites is 1. The second-order valence-corrected chi connectivity index (χ2v) is 5.99. The Labute approximate surface area is 128 Å². The molecule has 0 bridgehead atoms. The fourth-order valence-electron chi connectivity index (χ4n) is 2.49. The number of nitrogens with two attached hydrogens (primary N) is 1. The number of methoxy groups -OCH3 is 1. The summed E-state index contributed by atoms with van der Waals surface area (Å²) in [4.78, 5) is 12.2. The predicted octanol–water partition coefficient (Wildman–Crippen LogP) is 2.36. The number of ether oxygens (including phenoxy) is 1. The Morgan fingerprint density at radius 1 is 1.29 bits per heavy atom. The molecule has 0 fully saturated rings. The van der Waals surface area contributed by atoms with Gasteiger partial charge in [-0.05, 0) is 37.3 Å². The molecule has 0 aliphatic carbocycles. The van der Waals surface area contributed by atoms with Crippen LogP contribution in [-0.4, -0.2) is 25.6 Å². The first-order chi connectivity index (χ1) is 9.97. The second-order valence-electron chi connectivity index (χ2n) is 5.99. The van der Waals surface area contributed by atoms with E-state index in [2.05, 4.69) is 19.2 Å². The molecule has 2 unspecified atom stereocenters. The number of benzene rings is 1. The van der Waals surface area contributed by atoms with Crippen molar-refractivity contribution in [1.82, 2.24) is 5.32 Å². The standard InChI is InChI=1S/C17H28N2O2/c1-12(2)9-15(11-18)17(20)19-13(3)10-14-7-5-6-8-16(14)21-4/h5-8,12-13,15H,9-11,18H2,1-4H3,(H,19,20). The van der Waals surface area contributed by atoms with E-state index in [4.69, 9.17) is 10.5 Å². The van der Waals surface area contributed by atoms with Gasteiger partial charge in [-0.15, -0.1) is 0 Å². The van der Waals surface area contributed by atoms with Crippen LogP contribution < -0.4 is 15.8 Å². The maximum atomic E-state index is 12.2. The van der Waals surface area contributed by atoms with Crippen LogP contribution in [0.1, 0.15) is 32.8 Å². The zero-order valence-corrected chi connectivity index (χ0v) is 13.6. The summed E-state index contributed by atoms with van der Waals surface area (Å²) in [6, 6.07) is 7.93. The fourth-order valence-corrected chi connectivity index (χ4v) is 2.49. The lowest BCUT2D eigenvalue weighted by atomic mass is 9.96. The maximum Gasteiger partial charge on any atom is 0.224 e. The molecule has 2 atom stereocenters. The lowest BCUT2D eigenvalue weighted by molar-refractivity contribution is -0.125. The van der Waals surface area contributed by atoms with Crippen LogP contribution in [0.15, 0.2) is 24.3 Å². The van der Waals surface area contributed by atoms with Gasteiger partial charge in [0.05, 0.1) is 13.0 Å². The molecule has 1 aromatic rings. The van der Waals surface area contributed by atoms with Crippen LogP contribution in [0.4, 0.5) is 0 Å². The Hall–Kier alpha value is -1.55. The van der Waals surface area contributed by atoms with Crippen LogP contribution in [0.3, 0.4) is 0 Å². The van der Waals surface area contributed by atoms with Gasteiger partial charge in [0.25, 0.3) is 0 Å². The summed E-state index contributed by atoms with van der Waals surface area (Å²) < 4.78 is 5.34. The Morgan fingerprint density at radius 2 is 1.95 bits per heavy atom. The molecule has 118 valence electrons. The molecule has 21 heavy (non-hydrogen) atoms. The highest BCUT2D eigenvalue weighted by Crippen LogP contribution is 2.19. The van der Waals surface area contributed by atoms with E-state index in [9.17, 15) is 4.79 Å². The monoisotopic (exact) mass is 292 g/mol. The Bertz CT molecular complexity index is 446. The average Bonchev–Trinajstić information content (AvgIpc) is 2.44. The maximum absolute atomic E-state index is 12.2. The van der Waals surface area contributed by atoms with Gasteiger partial charge in [-0.1, -0.05) is 32.0 Å². The zero-order chi connectivity index (χ0) is 15.8. The second kappa shape index (κ2) is 8.67. The van der Waals surface area contributed by atoms with Gasteiger partial charge in [0.15, 0.2) is 0 Å². The van der Waals surface area contributed by atoms with Crippen LogP contribution in [0.5, 0.6) is 5.75 Å². The predicted molar refractivity (Wildman–Crippen MR) is 86.3 cm³/mol. The van der Waals surface area contributed by atoms with E-state index in [1.165, 1.54) is 0 Å². The molecule has 0 radical (unpaired) electrons. The van der Waals surface area contributed by atoms with Crippen molar-refractivity contribution < 1.29 is 9.53 Å². The van der Waals surface area contributed by atoms with Crippen molar-refractivity contribution in [2.45, 2.75) is 39.7 Å². The first-order valence-electron chi connectivity index (χ1n) is 7.60. The van der Waals surface area contributed by atoms with Gasteiger partial charge in [-0.3, -0.25) is 4.79 Å². The minimum Gasteiger partial charge on any atom is -0.496 e. The molecule has 0 aromatic heterocycles. The Morgan fingerprint density at radius 3 is 2.52 bits per heavy atom. The topological polar surface area (TPSA) is 64.3 Å². The van der Waals surface area contributed by atoms with Crippen molar-refractivity contribution in [3.63, 3.8) is 0 Å². The molecular formula is C17H28N2O2. The highest BCUT2D eigenvalue weighted by Gasteiger charge is 2.20. The third kappa shape index (κ3) is 5.76. The molecule has 1 rings (SSSR count). The minimum atomic E-state index is -0.106. The summed E-state index contributed by atoms with van der Waals surface area (Å²) in [6.45, 7) is 6.61. The van der Waals surface area contributed by atoms with Crippen LogP contribution in [0.2, 0.25) is 0 Å². The molecule has 1 amide bonds. The third-order valence-corrected chi connectivity index (χ3v) is 3.52. The molecule has 3 N–H and O–H groups in total. The third-order valence-electron chi connectivity index (χ3n) is 3.52. The lowest BCUT2D eigenvalue weighted by Gasteiger charge is -2.21. The van der Waals surface area contributed by atoms with Crippen molar-refractivity contribution in [1.29, 1.82) is 0 Å². The van der Waals surface area contributed by atoms with E-state index in [1.807, 2.05) is 31.2 Å². The first kappa shape index (κ1) is 17.5. The van der Waals surface area contributed by atoms with E-state index < -0.39 is 0 Å². The van der Waals surface area contributed by atoms with Gasteiger partial charge in [-0.2, -0.15) is 0 Å². The van der Waals surface area contributed by atoms with E-state index in [1.54, 1.807) is 7.11 Å². The van der Waals surface area contributed by atoms with E-state index in [0.717, 1.165) is 24.2 Å². The van der Waals surface area contributed by atoms with Crippen LogP contribution in [0, 0.1) is 11.8 Å². The first-order valence-corrected chi connectivity index (χ1v) is 7.60. The normalized spacial score (nSPS) is 13.8. The molecule has 0 aliphatic rings. The number of amides is 1. The lowest BCUT2D eigenvalue weighted by Crippen LogP contribution is -2.41. The van der Waals surface area contributed by atoms with E-state index in [-0.39, 0.29) is 17.9 Å². The smallest absolute Gasteiger partial charge is 0.224 e. The molecule has 4 nitrogen and oxygen atoms in total. The number of carbonyl (C=O) groups excluding carboxylic acids is 1. The number of rotatable bonds is 8. The Kier molecular flexibility index (Phi) is 7.23. The molecular weight excluding hydrogens is 264 g/mol. The van der Waals surface area contributed by atoms with Crippen molar-refractivity contribution in [3.05, 3.63) is 29.8 Å². The molecule has 4 heteroatoms. The summed E-state index contributed by atoms with van der Waals surface area (Å²) in [5.41, 5.74) is 6.81. The highest BCUT2D eigenvalue weighted by molar-refractivity contribution is 5.79. The van der Waals surface area contributed by atoms with Gasteiger partial charge in [0, 0.05) is 12.6 Å². The molecule has 0 saturated heterocycles. The fraction of sp³-hybridized carbons (Fsp3) is 0.588. The van der Waals surface area contributed by atoms with Crippen LogP contribution >= 0.6 is 0 Å². The number of carbonyl (C=O) groups is 1. The summed E-state index contributed by atoms with van der Waals surface area (Å²) in [7, 11) is 1.66.